The molecule has 0 radical (unpaired) electrons. The number of rotatable bonds is 8. The van der Waals surface area contributed by atoms with Crippen LogP contribution in [0.25, 0.3) is 16.6 Å². The van der Waals surface area contributed by atoms with Gasteiger partial charge in [0.2, 0.25) is 0 Å². The van der Waals surface area contributed by atoms with Crippen LogP contribution in [-0.2, 0) is 21.1 Å². The molecule has 1 fully saturated rings. The first-order valence-corrected chi connectivity index (χ1v) is 10.1. The van der Waals surface area contributed by atoms with Crippen molar-refractivity contribution in [2.45, 2.75) is 19.4 Å². The van der Waals surface area contributed by atoms with Crippen molar-refractivity contribution < 1.29 is 25.8 Å². The van der Waals surface area contributed by atoms with E-state index in [2.05, 4.69) is 40.7 Å². The van der Waals surface area contributed by atoms with Crippen LogP contribution in [0, 0.1) is 12.3 Å². The molecule has 0 unspecified atom stereocenters. The van der Waals surface area contributed by atoms with Gasteiger partial charge in [-0.2, -0.15) is 0 Å². The standard InChI is InChI=1S/C24H26N5O.W/c1-16-11-17(4-6-22(16)29-15-19-7-9-27-19)24-13-21(8-10-28-24)30-20-5-3-18(14-25)23(12-20)26-2;/h3-6,8,10-14,19,25-27H,7,9,15H2,1-2H3;/q-1;/t19-;/m1./s1. The summed E-state index contributed by atoms with van der Waals surface area (Å²) in [6.07, 6.45) is 4.28. The van der Waals surface area contributed by atoms with Crippen LogP contribution in [0.4, 0.5) is 11.4 Å². The fourth-order valence-electron chi connectivity index (χ4n) is 3.41. The number of pyridine rings is 1. The molecule has 1 aliphatic rings. The molecule has 2 aromatic carbocycles. The third-order valence-corrected chi connectivity index (χ3v) is 5.32. The van der Waals surface area contributed by atoms with Crippen molar-refractivity contribution in [3.8, 4) is 22.8 Å². The Morgan fingerprint density at radius 3 is 2.68 bits per heavy atom. The van der Waals surface area contributed by atoms with Gasteiger partial charge in [0, 0.05) is 69.5 Å². The summed E-state index contributed by atoms with van der Waals surface area (Å²) in [4.78, 5) is 4.52. The number of benzene rings is 2. The maximum atomic E-state index is 7.47. The molecular weight excluding hydrogens is 558 g/mol. The number of nitrogens with one attached hydrogen (secondary N) is 3. The van der Waals surface area contributed by atoms with E-state index in [-0.39, 0.29) is 21.1 Å². The molecule has 160 valence electrons. The van der Waals surface area contributed by atoms with E-state index >= 15 is 0 Å². The molecule has 1 saturated heterocycles. The van der Waals surface area contributed by atoms with Crippen LogP contribution >= 0.6 is 0 Å². The van der Waals surface area contributed by atoms with Crippen LogP contribution in [0.3, 0.4) is 0 Å². The van der Waals surface area contributed by atoms with Gasteiger partial charge in [0.1, 0.15) is 11.5 Å². The maximum Gasteiger partial charge on any atom is 0.131 e. The van der Waals surface area contributed by atoms with Crippen molar-refractivity contribution in [1.29, 1.82) is 5.41 Å². The number of hydrogen-bond acceptors (Lipinski definition) is 5. The van der Waals surface area contributed by atoms with E-state index in [0.29, 0.717) is 17.5 Å². The third kappa shape index (κ3) is 5.52. The zero-order valence-corrected chi connectivity index (χ0v) is 20.6. The predicted octanol–water partition coefficient (Wildman–Crippen LogP) is 5.25. The molecule has 1 aliphatic heterocycles. The van der Waals surface area contributed by atoms with Crippen molar-refractivity contribution in [3.05, 3.63) is 71.2 Å². The first-order chi connectivity index (χ1) is 14.7. The van der Waals surface area contributed by atoms with Gasteiger partial charge in [-0.15, -0.1) is 12.2 Å². The fourth-order valence-corrected chi connectivity index (χ4v) is 3.41. The summed E-state index contributed by atoms with van der Waals surface area (Å²) in [5.74, 6) is 1.42. The van der Waals surface area contributed by atoms with E-state index in [4.69, 9.17) is 15.5 Å². The van der Waals surface area contributed by atoms with Gasteiger partial charge >= 0.3 is 0 Å². The Kier molecular flexibility index (Phi) is 7.83. The van der Waals surface area contributed by atoms with E-state index < -0.39 is 0 Å². The number of ether oxygens (including phenoxy) is 1. The Hall–Kier alpha value is -2.69. The monoisotopic (exact) mass is 584 g/mol. The SMILES string of the molecule is CNc1cc(Oc2ccnc(-c3ccc([N-]C[C@H]4CCN4)c(C)c3)c2)ccc1C=N.[W]. The Morgan fingerprint density at radius 2 is 2.00 bits per heavy atom. The van der Waals surface area contributed by atoms with Gasteiger partial charge in [-0.3, -0.25) is 4.98 Å². The number of anilines is 1. The number of aromatic nitrogens is 1. The number of nitrogens with zero attached hydrogens (tertiary/aromatic N) is 2. The van der Waals surface area contributed by atoms with Gasteiger partial charge < -0.3 is 26.1 Å². The van der Waals surface area contributed by atoms with Crippen molar-refractivity contribution in [1.82, 2.24) is 10.3 Å². The van der Waals surface area contributed by atoms with Crippen molar-refractivity contribution in [2.75, 3.05) is 25.5 Å². The van der Waals surface area contributed by atoms with Crippen LogP contribution in [0.15, 0.2) is 54.7 Å². The molecule has 3 aromatic rings. The maximum absolute atomic E-state index is 7.47. The molecule has 6 nitrogen and oxygen atoms in total. The number of aryl methyl sites for hydroxylation is 1. The molecule has 7 heteroatoms. The summed E-state index contributed by atoms with van der Waals surface area (Å²) in [6, 6.07) is 16.2. The minimum Gasteiger partial charge on any atom is -0.683 e. The van der Waals surface area contributed by atoms with E-state index in [1.165, 1.54) is 12.6 Å². The minimum atomic E-state index is 0. The van der Waals surface area contributed by atoms with Gasteiger partial charge in [-0.25, -0.2) is 0 Å². The molecule has 0 saturated carbocycles. The zero-order valence-electron chi connectivity index (χ0n) is 17.7. The molecule has 3 N–H and O–H groups in total. The molecule has 1 aromatic heterocycles. The first kappa shape index (κ1) is 23.0. The molecule has 0 spiro atoms. The molecule has 0 bridgehead atoms. The van der Waals surface area contributed by atoms with E-state index in [1.807, 2.05) is 37.4 Å². The summed E-state index contributed by atoms with van der Waals surface area (Å²) in [5.41, 5.74) is 5.73. The number of hydrogen-bond donors (Lipinski definition) is 3. The van der Waals surface area contributed by atoms with Crippen molar-refractivity contribution in [3.63, 3.8) is 0 Å². The second-order valence-electron chi connectivity index (χ2n) is 7.40. The first-order valence-electron chi connectivity index (χ1n) is 10.1. The summed E-state index contributed by atoms with van der Waals surface area (Å²) < 4.78 is 6.04. The molecule has 2 heterocycles. The summed E-state index contributed by atoms with van der Waals surface area (Å²) >= 11 is 0. The van der Waals surface area contributed by atoms with Crippen LogP contribution in [0.2, 0.25) is 0 Å². The molecule has 1 atom stereocenters. The van der Waals surface area contributed by atoms with Gasteiger partial charge in [0.15, 0.2) is 0 Å². The minimum absolute atomic E-state index is 0. The van der Waals surface area contributed by atoms with Crippen LogP contribution in [-0.4, -0.2) is 37.4 Å². The van der Waals surface area contributed by atoms with Crippen LogP contribution in [0.1, 0.15) is 17.5 Å². The Bertz CT molecular complexity index is 1050. The smallest absolute Gasteiger partial charge is 0.131 e. The van der Waals surface area contributed by atoms with Crippen molar-refractivity contribution in [2.24, 2.45) is 0 Å². The average molecular weight is 584 g/mol. The summed E-state index contributed by atoms with van der Waals surface area (Å²) in [7, 11) is 1.83. The fraction of sp³-hybridized carbons (Fsp3) is 0.250. The second-order valence-corrected chi connectivity index (χ2v) is 7.40. The zero-order chi connectivity index (χ0) is 20.9. The van der Waals surface area contributed by atoms with Crippen molar-refractivity contribution >= 4 is 17.6 Å². The molecular formula is C24H26N5OW-. The molecule has 4 rings (SSSR count). The van der Waals surface area contributed by atoms with Gasteiger partial charge in [0.05, 0.1) is 5.69 Å². The van der Waals surface area contributed by atoms with Crippen LogP contribution < -0.4 is 15.4 Å². The van der Waals surface area contributed by atoms with E-state index in [0.717, 1.165) is 46.8 Å². The normalized spacial score (nSPS) is 14.7. The Labute approximate surface area is 197 Å². The van der Waals surface area contributed by atoms with Crippen LogP contribution in [0.5, 0.6) is 11.5 Å². The third-order valence-electron chi connectivity index (χ3n) is 5.32. The average Bonchev–Trinajstić information content (AvgIpc) is 2.73. The second kappa shape index (κ2) is 10.6. The quantitative estimate of drug-likeness (QED) is 0.316. The molecule has 0 amide bonds. The Morgan fingerprint density at radius 1 is 1.19 bits per heavy atom. The largest absolute Gasteiger partial charge is 0.683 e. The Balaban J connectivity index is 0.00000272. The predicted molar refractivity (Wildman–Crippen MR) is 123 cm³/mol. The van der Waals surface area contributed by atoms with Gasteiger partial charge in [0.25, 0.3) is 0 Å². The molecule has 31 heavy (non-hydrogen) atoms. The van der Waals surface area contributed by atoms with Gasteiger partial charge in [-0.1, -0.05) is 23.8 Å². The van der Waals surface area contributed by atoms with Gasteiger partial charge in [-0.05, 0) is 44.1 Å². The molecule has 0 aliphatic carbocycles. The van der Waals surface area contributed by atoms with E-state index in [9.17, 15) is 0 Å². The summed E-state index contributed by atoms with van der Waals surface area (Å²) in [5, 5.41) is 18.7. The summed E-state index contributed by atoms with van der Waals surface area (Å²) in [6.45, 7) is 4.01. The van der Waals surface area contributed by atoms with E-state index in [1.54, 1.807) is 6.20 Å². The topological polar surface area (TPSA) is 84.1 Å².